The molecule has 0 saturated carbocycles. The third-order valence-electron chi connectivity index (χ3n) is 5.90. The van der Waals surface area contributed by atoms with Gasteiger partial charge in [0, 0.05) is 43.0 Å². The standard InChI is InChI=1S/C23H26ClN3O5/c1-14-12-17-19(22(28)27(14)7-6-26-8-10-31-11-9-26)18(15-4-3-5-16(24)13-15)20(21(25)32-17)23(29)30-2/h3-5,12-13,18H,6-11,25H2,1-2H3/t18-/m0/s1. The number of aromatic nitrogens is 1. The number of nitrogens with zero attached hydrogens (tertiary/aromatic N) is 2. The summed E-state index contributed by atoms with van der Waals surface area (Å²) in [7, 11) is 1.27. The lowest BCUT2D eigenvalue weighted by molar-refractivity contribution is -0.136. The van der Waals surface area contributed by atoms with Gasteiger partial charge in [-0.15, -0.1) is 0 Å². The average molecular weight is 460 g/mol. The summed E-state index contributed by atoms with van der Waals surface area (Å²) < 4.78 is 17.8. The van der Waals surface area contributed by atoms with Crippen LogP contribution in [0.3, 0.4) is 0 Å². The number of carbonyl (C=O) groups is 1. The maximum absolute atomic E-state index is 13.7. The Hall–Kier alpha value is -2.81. The molecule has 0 unspecified atom stereocenters. The molecule has 1 aromatic heterocycles. The summed E-state index contributed by atoms with van der Waals surface area (Å²) in [6.07, 6.45) is 0. The lowest BCUT2D eigenvalue weighted by atomic mass is 9.83. The van der Waals surface area contributed by atoms with E-state index in [0.717, 1.165) is 18.8 Å². The second-order valence-electron chi connectivity index (χ2n) is 7.83. The van der Waals surface area contributed by atoms with Crippen LogP contribution in [0.1, 0.15) is 22.7 Å². The molecule has 2 N–H and O–H groups in total. The highest BCUT2D eigenvalue weighted by Crippen LogP contribution is 2.41. The zero-order valence-electron chi connectivity index (χ0n) is 18.1. The maximum Gasteiger partial charge on any atom is 0.340 e. The number of ether oxygens (including phenoxy) is 3. The number of hydrogen-bond donors (Lipinski definition) is 1. The number of fused-ring (bicyclic) bond motifs is 1. The quantitative estimate of drug-likeness (QED) is 0.683. The van der Waals surface area contributed by atoms with Gasteiger partial charge in [-0.25, -0.2) is 4.79 Å². The molecule has 2 aromatic rings. The van der Waals surface area contributed by atoms with Gasteiger partial charge < -0.3 is 24.5 Å². The molecule has 0 radical (unpaired) electrons. The normalized spacial score (nSPS) is 18.8. The summed E-state index contributed by atoms with van der Waals surface area (Å²) in [6.45, 7) is 6.12. The first kappa shape index (κ1) is 22.4. The van der Waals surface area contributed by atoms with Gasteiger partial charge in [0.25, 0.3) is 5.56 Å². The number of halogens is 1. The van der Waals surface area contributed by atoms with Gasteiger partial charge in [-0.1, -0.05) is 23.7 Å². The minimum atomic E-state index is -0.757. The van der Waals surface area contributed by atoms with Crippen molar-refractivity contribution in [2.24, 2.45) is 5.73 Å². The Balaban J connectivity index is 1.81. The van der Waals surface area contributed by atoms with Crippen molar-refractivity contribution in [3.8, 4) is 5.75 Å². The topological polar surface area (TPSA) is 96.0 Å². The molecule has 1 saturated heterocycles. The van der Waals surface area contributed by atoms with Crippen LogP contribution in [0.4, 0.5) is 0 Å². The molecule has 8 nitrogen and oxygen atoms in total. The Morgan fingerprint density at radius 3 is 2.69 bits per heavy atom. The minimum Gasteiger partial charge on any atom is -0.465 e. The zero-order valence-corrected chi connectivity index (χ0v) is 18.9. The van der Waals surface area contributed by atoms with Crippen molar-refractivity contribution in [2.45, 2.75) is 19.4 Å². The first-order chi connectivity index (χ1) is 15.4. The molecule has 0 spiro atoms. The van der Waals surface area contributed by atoms with E-state index in [2.05, 4.69) is 4.90 Å². The second kappa shape index (κ2) is 9.36. The van der Waals surface area contributed by atoms with Crippen LogP contribution in [0.2, 0.25) is 5.02 Å². The first-order valence-electron chi connectivity index (χ1n) is 10.5. The van der Waals surface area contributed by atoms with Crippen molar-refractivity contribution < 1.29 is 19.0 Å². The van der Waals surface area contributed by atoms with E-state index in [-0.39, 0.29) is 17.0 Å². The number of benzene rings is 1. The van der Waals surface area contributed by atoms with Crippen LogP contribution in [0.5, 0.6) is 5.75 Å². The van der Waals surface area contributed by atoms with Crippen LogP contribution in [0.15, 0.2) is 46.6 Å². The van der Waals surface area contributed by atoms with Crippen molar-refractivity contribution in [1.82, 2.24) is 9.47 Å². The third-order valence-corrected chi connectivity index (χ3v) is 6.14. The fraction of sp³-hybridized carbons (Fsp3) is 0.391. The average Bonchev–Trinajstić information content (AvgIpc) is 2.78. The Morgan fingerprint density at radius 2 is 2.00 bits per heavy atom. The minimum absolute atomic E-state index is 0.0841. The molecule has 0 amide bonds. The van der Waals surface area contributed by atoms with Crippen molar-refractivity contribution >= 4 is 17.6 Å². The van der Waals surface area contributed by atoms with E-state index in [4.69, 9.17) is 31.5 Å². The van der Waals surface area contributed by atoms with Crippen LogP contribution in [-0.2, 0) is 20.8 Å². The molecule has 2 aliphatic rings. The Kier molecular flexibility index (Phi) is 6.55. The third kappa shape index (κ3) is 4.26. The SMILES string of the molecule is COC(=O)C1=C(N)Oc2cc(C)n(CCN3CCOCC3)c(=O)c2[C@@H]1c1cccc(Cl)c1. The van der Waals surface area contributed by atoms with E-state index in [1.807, 2.05) is 6.92 Å². The van der Waals surface area contributed by atoms with Gasteiger partial charge >= 0.3 is 5.97 Å². The van der Waals surface area contributed by atoms with Crippen LogP contribution in [0.25, 0.3) is 0 Å². The maximum atomic E-state index is 13.7. The van der Waals surface area contributed by atoms with Crippen LogP contribution < -0.4 is 16.0 Å². The van der Waals surface area contributed by atoms with Gasteiger partial charge in [0.05, 0.1) is 31.8 Å². The van der Waals surface area contributed by atoms with Gasteiger partial charge in [0.15, 0.2) is 0 Å². The summed E-state index contributed by atoms with van der Waals surface area (Å²) in [6, 6.07) is 8.80. The number of rotatable bonds is 5. The van der Waals surface area contributed by atoms with Gasteiger partial charge in [-0.05, 0) is 24.6 Å². The van der Waals surface area contributed by atoms with Crippen LogP contribution in [0, 0.1) is 6.92 Å². The number of hydrogen-bond acceptors (Lipinski definition) is 7. The van der Waals surface area contributed by atoms with E-state index in [0.29, 0.717) is 48.2 Å². The van der Waals surface area contributed by atoms with Gasteiger partial charge in [0.2, 0.25) is 5.88 Å². The molecule has 2 aliphatic heterocycles. The van der Waals surface area contributed by atoms with Crippen molar-refractivity contribution in [3.05, 3.63) is 74.0 Å². The fourth-order valence-corrected chi connectivity index (χ4v) is 4.46. The number of nitrogens with two attached hydrogens (primary N) is 1. The number of pyridine rings is 1. The summed E-state index contributed by atoms with van der Waals surface area (Å²) in [5, 5.41) is 0.484. The zero-order chi connectivity index (χ0) is 22.8. The number of aryl methyl sites for hydroxylation is 1. The van der Waals surface area contributed by atoms with Crippen molar-refractivity contribution in [3.63, 3.8) is 0 Å². The van der Waals surface area contributed by atoms with E-state index < -0.39 is 11.9 Å². The fourth-order valence-electron chi connectivity index (χ4n) is 4.26. The molecule has 0 bridgehead atoms. The molecular formula is C23H26ClN3O5. The molecule has 1 aromatic carbocycles. The van der Waals surface area contributed by atoms with Crippen LogP contribution >= 0.6 is 11.6 Å². The molecule has 0 aliphatic carbocycles. The highest BCUT2D eigenvalue weighted by atomic mass is 35.5. The van der Waals surface area contributed by atoms with E-state index in [1.165, 1.54) is 7.11 Å². The van der Waals surface area contributed by atoms with Crippen molar-refractivity contribution in [2.75, 3.05) is 40.0 Å². The lowest BCUT2D eigenvalue weighted by Crippen LogP contribution is -2.40. The van der Waals surface area contributed by atoms with Crippen LogP contribution in [-0.4, -0.2) is 55.4 Å². The van der Waals surface area contributed by atoms with E-state index in [9.17, 15) is 9.59 Å². The van der Waals surface area contributed by atoms with Crippen molar-refractivity contribution in [1.29, 1.82) is 0 Å². The highest BCUT2D eigenvalue weighted by molar-refractivity contribution is 6.30. The number of methoxy groups -OCH3 is 1. The van der Waals surface area contributed by atoms with Gasteiger partial charge in [0.1, 0.15) is 11.3 Å². The van der Waals surface area contributed by atoms with Gasteiger partial charge in [-0.3, -0.25) is 9.69 Å². The first-order valence-corrected chi connectivity index (χ1v) is 10.8. The highest BCUT2D eigenvalue weighted by Gasteiger charge is 2.38. The van der Waals surface area contributed by atoms with E-state index in [1.54, 1.807) is 34.9 Å². The molecular weight excluding hydrogens is 434 g/mol. The van der Waals surface area contributed by atoms with E-state index >= 15 is 0 Å². The predicted molar refractivity (Wildman–Crippen MR) is 120 cm³/mol. The monoisotopic (exact) mass is 459 g/mol. The summed E-state index contributed by atoms with van der Waals surface area (Å²) in [5.74, 6) is -1.16. The summed E-state index contributed by atoms with van der Waals surface area (Å²) in [4.78, 5) is 28.6. The molecule has 9 heteroatoms. The summed E-state index contributed by atoms with van der Waals surface area (Å²) in [5.41, 5.74) is 7.73. The molecule has 1 atom stereocenters. The molecule has 32 heavy (non-hydrogen) atoms. The predicted octanol–water partition coefficient (Wildman–Crippen LogP) is 2.01. The van der Waals surface area contributed by atoms with Gasteiger partial charge in [-0.2, -0.15) is 0 Å². The second-order valence-corrected chi connectivity index (χ2v) is 8.27. The largest absolute Gasteiger partial charge is 0.465 e. The Bertz CT molecular complexity index is 1120. The molecule has 3 heterocycles. The molecule has 170 valence electrons. The Morgan fingerprint density at radius 1 is 1.25 bits per heavy atom. The number of carbonyl (C=O) groups excluding carboxylic acids is 1. The number of esters is 1. The summed E-state index contributed by atoms with van der Waals surface area (Å²) >= 11 is 6.23. The lowest BCUT2D eigenvalue weighted by Gasteiger charge is -2.30. The Labute approximate surface area is 191 Å². The smallest absolute Gasteiger partial charge is 0.340 e. The molecule has 4 rings (SSSR count). The molecule has 1 fully saturated rings. The number of morpholine rings is 1.